The number of rotatable bonds is 5. The largest absolute Gasteiger partial charge is 0.495 e. The number of nitrogens with zero attached hydrogens (tertiary/aromatic N) is 2. The highest BCUT2D eigenvalue weighted by molar-refractivity contribution is 6.32. The monoisotopic (exact) mass is 263 g/mol. The summed E-state index contributed by atoms with van der Waals surface area (Å²) >= 11 is 6.00. The fourth-order valence-electron chi connectivity index (χ4n) is 1.60. The summed E-state index contributed by atoms with van der Waals surface area (Å²) in [5.74, 6) is 1.39. The third kappa shape index (κ3) is 2.49. The van der Waals surface area contributed by atoms with Crippen LogP contribution < -0.4 is 10.1 Å². The molecule has 0 aliphatic rings. The molecular weight excluding hydrogens is 250 g/mol. The van der Waals surface area contributed by atoms with E-state index in [4.69, 9.17) is 16.3 Å². The third-order valence-electron chi connectivity index (χ3n) is 2.46. The first-order valence-electron chi connectivity index (χ1n) is 5.48. The van der Waals surface area contributed by atoms with Crippen LogP contribution in [0.15, 0.2) is 43.2 Å². The third-order valence-corrected chi connectivity index (χ3v) is 2.77. The maximum atomic E-state index is 6.00. The second kappa shape index (κ2) is 5.60. The molecule has 0 spiro atoms. The van der Waals surface area contributed by atoms with Gasteiger partial charge in [-0.25, -0.2) is 4.98 Å². The van der Waals surface area contributed by atoms with Crippen molar-refractivity contribution in [3.63, 3.8) is 0 Å². The van der Waals surface area contributed by atoms with Crippen LogP contribution in [0.4, 0.5) is 5.95 Å². The predicted octanol–water partition coefficient (Wildman–Crippen LogP) is 3.13. The average molecular weight is 264 g/mol. The number of imidazole rings is 1. The molecule has 4 nitrogen and oxygen atoms in total. The smallest absolute Gasteiger partial charge is 0.207 e. The van der Waals surface area contributed by atoms with Crippen LogP contribution in [-0.2, 0) is 0 Å². The highest BCUT2D eigenvalue weighted by Crippen LogP contribution is 2.27. The van der Waals surface area contributed by atoms with Gasteiger partial charge in [0.1, 0.15) is 5.75 Å². The number of aromatic nitrogens is 2. The number of benzene rings is 1. The molecule has 0 radical (unpaired) electrons. The fourth-order valence-corrected chi connectivity index (χ4v) is 1.80. The van der Waals surface area contributed by atoms with Gasteiger partial charge in [-0.15, -0.1) is 6.58 Å². The van der Waals surface area contributed by atoms with E-state index in [-0.39, 0.29) is 0 Å². The van der Waals surface area contributed by atoms with E-state index in [1.807, 2.05) is 22.9 Å². The van der Waals surface area contributed by atoms with Gasteiger partial charge in [0, 0.05) is 25.0 Å². The van der Waals surface area contributed by atoms with Crippen LogP contribution in [0.25, 0.3) is 5.69 Å². The molecule has 94 valence electrons. The van der Waals surface area contributed by atoms with Crippen molar-refractivity contribution in [2.75, 3.05) is 19.0 Å². The second-order valence-electron chi connectivity index (χ2n) is 3.61. The summed E-state index contributed by atoms with van der Waals surface area (Å²) in [5, 5.41) is 3.74. The predicted molar refractivity (Wildman–Crippen MR) is 73.8 cm³/mol. The maximum absolute atomic E-state index is 6.00. The summed E-state index contributed by atoms with van der Waals surface area (Å²) in [6.45, 7) is 4.32. The first-order chi connectivity index (χ1) is 8.76. The number of hydrogen-bond acceptors (Lipinski definition) is 3. The molecule has 2 aromatic rings. The Kier molecular flexibility index (Phi) is 3.89. The van der Waals surface area contributed by atoms with Crippen LogP contribution in [0, 0.1) is 0 Å². The van der Waals surface area contributed by atoms with E-state index in [1.54, 1.807) is 25.4 Å². The van der Waals surface area contributed by atoms with Crippen molar-refractivity contribution in [1.82, 2.24) is 9.55 Å². The van der Waals surface area contributed by atoms with Crippen molar-refractivity contribution >= 4 is 17.5 Å². The first kappa shape index (κ1) is 12.5. The minimum Gasteiger partial charge on any atom is -0.495 e. The van der Waals surface area contributed by atoms with Crippen LogP contribution in [0.3, 0.4) is 0 Å². The van der Waals surface area contributed by atoms with Crippen molar-refractivity contribution in [2.24, 2.45) is 0 Å². The molecule has 0 aliphatic heterocycles. The molecule has 0 fully saturated rings. The standard InChI is InChI=1S/C13H14ClN3O/c1-3-6-15-13-16-7-8-17(13)10-4-5-11(14)12(9-10)18-2/h3-5,7-9H,1,6H2,2H3,(H,15,16). The van der Waals surface area contributed by atoms with Gasteiger partial charge in [0.15, 0.2) is 0 Å². The van der Waals surface area contributed by atoms with Gasteiger partial charge in [-0.3, -0.25) is 4.57 Å². The van der Waals surface area contributed by atoms with Crippen molar-refractivity contribution in [2.45, 2.75) is 0 Å². The lowest BCUT2D eigenvalue weighted by molar-refractivity contribution is 0.415. The summed E-state index contributed by atoms with van der Waals surface area (Å²) in [7, 11) is 1.59. The highest BCUT2D eigenvalue weighted by Gasteiger charge is 2.07. The van der Waals surface area contributed by atoms with Crippen LogP contribution in [0.1, 0.15) is 0 Å². The van der Waals surface area contributed by atoms with Crippen LogP contribution in [-0.4, -0.2) is 23.2 Å². The first-order valence-corrected chi connectivity index (χ1v) is 5.86. The zero-order valence-electron chi connectivity index (χ0n) is 10.1. The molecule has 5 heteroatoms. The van der Waals surface area contributed by atoms with Crippen molar-refractivity contribution in [3.05, 3.63) is 48.3 Å². The number of ether oxygens (including phenoxy) is 1. The topological polar surface area (TPSA) is 39.1 Å². The second-order valence-corrected chi connectivity index (χ2v) is 4.02. The van der Waals surface area contributed by atoms with Gasteiger partial charge < -0.3 is 10.1 Å². The molecule has 0 unspecified atom stereocenters. The molecule has 1 N–H and O–H groups in total. The SMILES string of the molecule is C=CCNc1nccn1-c1ccc(Cl)c(OC)c1. The van der Waals surface area contributed by atoms with Crippen LogP contribution in [0.2, 0.25) is 5.02 Å². The number of nitrogens with one attached hydrogen (secondary N) is 1. The average Bonchev–Trinajstić information content (AvgIpc) is 2.85. The Morgan fingerprint density at radius 2 is 2.39 bits per heavy atom. The fraction of sp³-hybridized carbons (Fsp3) is 0.154. The van der Waals surface area contributed by atoms with Crippen molar-refractivity contribution in [1.29, 1.82) is 0 Å². The molecule has 0 bridgehead atoms. The van der Waals surface area contributed by atoms with Crippen LogP contribution >= 0.6 is 11.6 Å². The van der Waals surface area contributed by atoms with Crippen molar-refractivity contribution in [3.8, 4) is 11.4 Å². The zero-order valence-corrected chi connectivity index (χ0v) is 10.8. The Morgan fingerprint density at radius 1 is 1.56 bits per heavy atom. The summed E-state index contributed by atoms with van der Waals surface area (Å²) in [4.78, 5) is 4.24. The normalized spacial score (nSPS) is 10.1. The van der Waals surface area contributed by atoms with Gasteiger partial charge in [-0.05, 0) is 12.1 Å². The van der Waals surface area contributed by atoms with E-state index < -0.39 is 0 Å². The lowest BCUT2D eigenvalue weighted by Gasteiger charge is -2.10. The van der Waals surface area contributed by atoms with E-state index in [2.05, 4.69) is 16.9 Å². The van der Waals surface area contributed by atoms with E-state index >= 15 is 0 Å². The molecule has 18 heavy (non-hydrogen) atoms. The summed E-state index contributed by atoms with van der Waals surface area (Å²) in [5.41, 5.74) is 0.931. The number of halogens is 1. The lowest BCUT2D eigenvalue weighted by atomic mass is 10.3. The molecule has 0 amide bonds. The van der Waals surface area contributed by atoms with E-state index in [1.165, 1.54) is 0 Å². The molecule has 0 saturated heterocycles. The number of methoxy groups -OCH3 is 1. The molecular formula is C13H14ClN3O. The minimum atomic E-state index is 0.585. The van der Waals surface area contributed by atoms with Gasteiger partial charge in [0.05, 0.1) is 17.8 Å². The quantitative estimate of drug-likeness (QED) is 0.843. The lowest BCUT2D eigenvalue weighted by Crippen LogP contribution is -2.05. The number of hydrogen-bond donors (Lipinski definition) is 1. The summed E-state index contributed by atoms with van der Waals surface area (Å²) in [6, 6.07) is 5.57. The molecule has 1 aromatic heterocycles. The minimum absolute atomic E-state index is 0.585. The zero-order chi connectivity index (χ0) is 13.0. The van der Waals surface area contributed by atoms with Gasteiger partial charge in [0.25, 0.3) is 0 Å². The molecule has 2 rings (SSSR count). The Morgan fingerprint density at radius 3 is 3.11 bits per heavy atom. The van der Waals surface area contributed by atoms with Gasteiger partial charge in [-0.1, -0.05) is 17.7 Å². The summed E-state index contributed by atoms with van der Waals surface area (Å²) < 4.78 is 7.12. The molecule has 1 aromatic carbocycles. The number of anilines is 1. The van der Waals surface area contributed by atoms with Crippen LogP contribution in [0.5, 0.6) is 5.75 Å². The highest BCUT2D eigenvalue weighted by atomic mass is 35.5. The van der Waals surface area contributed by atoms with Gasteiger partial charge in [-0.2, -0.15) is 0 Å². The Balaban J connectivity index is 2.36. The van der Waals surface area contributed by atoms with E-state index in [0.29, 0.717) is 17.3 Å². The van der Waals surface area contributed by atoms with E-state index in [0.717, 1.165) is 11.6 Å². The van der Waals surface area contributed by atoms with Gasteiger partial charge in [0.2, 0.25) is 5.95 Å². The molecule has 0 aliphatic carbocycles. The van der Waals surface area contributed by atoms with E-state index in [9.17, 15) is 0 Å². The Labute approximate surface area is 111 Å². The Bertz CT molecular complexity index is 551. The molecule has 1 heterocycles. The van der Waals surface area contributed by atoms with Gasteiger partial charge >= 0.3 is 0 Å². The summed E-state index contributed by atoms with van der Waals surface area (Å²) in [6.07, 6.45) is 5.38. The maximum Gasteiger partial charge on any atom is 0.207 e. The Hall–Kier alpha value is -1.94. The molecule has 0 atom stereocenters. The molecule has 0 saturated carbocycles. The van der Waals surface area contributed by atoms with Crippen molar-refractivity contribution < 1.29 is 4.74 Å².